The highest BCUT2D eigenvalue weighted by Crippen LogP contribution is 2.23. The van der Waals surface area contributed by atoms with Gasteiger partial charge in [-0.25, -0.2) is 9.97 Å². The maximum atomic E-state index is 12.1. The number of para-hydroxylation sites is 1. The van der Waals surface area contributed by atoms with Crippen molar-refractivity contribution in [3.63, 3.8) is 0 Å². The molecule has 0 radical (unpaired) electrons. The number of amides is 1. The van der Waals surface area contributed by atoms with Crippen molar-refractivity contribution in [1.82, 2.24) is 15.3 Å². The van der Waals surface area contributed by atoms with Crippen LogP contribution in [0.4, 0.5) is 0 Å². The maximum absolute atomic E-state index is 12.1. The zero-order valence-electron chi connectivity index (χ0n) is 12.4. The van der Waals surface area contributed by atoms with Crippen molar-refractivity contribution in [2.45, 2.75) is 32.7 Å². The molecule has 0 fully saturated rings. The molecule has 0 aliphatic rings. The van der Waals surface area contributed by atoms with E-state index in [2.05, 4.69) is 36.1 Å². The van der Waals surface area contributed by atoms with Crippen LogP contribution < -0.4 is 5.32 Å². The average Bonchev–Trinajstić information content (AvgIpc) is 2.44. The largest absolute Gasteiger partial charge is 0.507 e. The number of phenols is 1. The maximum Gasteiger partial charge on any atom is 0.255 e. The minimum Gasteiger partial charge on any atom is -0.507 e. The molecule has 2 aromatic rings. The van der Waals surface area contributed by atoms with E-state index in [0.717, 1.165) is 11.3 Å². The van der Waals surface area contributed by atoms with E-state index in [1.807, 2.05) is 0 Å². The quantitative estimate of drug-likeness (QED) is 0.908. The second kappa shape index (κ2) is 5.91. The fraction of sp³-hybridized carbons (Fsp3) is 0.312. The third-order valence-corrected chi connectivity index (χ3v) is 3.09. The topological polar surface area (TPSA) is 75.1 Å². The van der Waals surface area contributed by atoms with Crippen LogP contribution in [0.15, 0.2) is 36.8 Å². The summed E-state index contributed by atoms with van der Waals surface area (Å²) < 4.78 is 0. The number of aromatic hydroxyl groups is 1. The van der Waals surface area contributed by atoms with Crippen molar-refractivity contribution in [3.8, 4) is 5.75 Å². The number of aromatic nitrogens is 2. The lowest BCUT2D eigenvalue weighted by atomic mass is 9.89. The molecule has 2 rings (SSSR count). The predicted molar refractivity (Wildman–Crippen MR) is 80.0 cm³/mol. The van der Waals surface area contributed by atoms with Crippen molar-refractivity contribution >= 4 is 5.91 Å². The van der Waals surface area contributed by atoms with Gasteiger partial charge in [-0.2, -0.15) is 0 Å². The number of nitrogens with one attached hydrogen (secondary N) is 1. The highest BCUT2D eigenvalue weighted by molar-refractivity contribution is 5.96. The van der Waals surface area contributed by atoms with Crippen molar-refractivity contribution < 1.29 is 9.90 Å². The smallest absolute Gasteiger partial charge is 0.255 e. The van der Waals surface area contributed by atoms with Gasteiger partial charge in [-0.3, -0.25) is 4.79 Å². The molecule has 0 saturated heterocycles. The summed E-state index contributed by atoms with van der Waals surface area (Å²) in [6.45, 7) is 6.50. The number of phenolic OH excluding ortho intramolecular Hbond substituents is 1. The van der Waals surface area contributed by atoms with Crippen LogP contribution in [0.3, 0.4) is 0 Å². The van der Waals surface area contributed by atoms with E-state index in [-0.39, 0.29) is 22.6 Å². The Balaban J connectivity index is 2.14. The fourth-order valence-corrected chi connectivity index (χ4v) is 2.10. The number of hydrogen-bond donors (Lipinski definition) is 2. The number of hydrogen-bond acceptors (Lipinski definition) is 4. The molecule has 1 aromatic heterocycles. The molecule has 0 aliphatic carbocycles. The Bertz CT molecular complexity index is 648. The summed E-state index contributed by atoms with van der Waals surface area (Å²) in [5.74, 6) is -0.354. The molecule has 2 N–H and O–H groups in total. The number of carbonyl (C=O) groups excluding carboxylic acids is 1. The summed E-state index contributed by atoms with van der Waals surface area (Å²) in [4.78, 5) is 20.4. The van der Waals surface area contributed by atoms with Crippen molar-refractivity contribution in [3.05, 3.63) is 53.6 Å². The summed E-state index contributed by atoms with van der Waals surface area (Å²) in [5, 5.41) is 12.5. The highest BCUT2D eigenvalue weighted by atomic mass is 16.3. The number of benzene rings is 1. The van der Waals surface area contributed by atoms with Crippen LogP contribution in [-0.4, -0.2) is 21.0 Å². The van der Waals surface area contributed by atoms with Gasteiger partial charge >= 0.3 is 0 Å². The van der Waals surface area contributed by atoms with Crippen LogP contribution in [0.2, 0.25) is 0 Å². The minimum atomic E-state index is -0.322. The van der Waals surface area contributed by atoms with Gasteiger partial charge in [0.2, 0.25) is 0 Å². The summed E-state index contributed by atoms with van der Waals surface area (Å²) in [5.41, 5.74) is 1.90. The van der Waals surface area contributed by atoms with Crippen LogP contribution in [0.1, 0.15) is 42.4 Å². The molecule has 1 aromatic carbocycles. The number of nitrogens with zero attached hydrogens (tertiary/aromatic N) is 2. The number of carbonyl (C=O) groups is 1. The molecule has 5 heteroatoms. The molecule has 21 heavy (non-hydrogen) atoms. The Hall–Kier alpha value is -2.43. The molecule has 0 bridgehead atoms. The minimum absolute atomic E-state index is 0.0321. The van der Waals surface area contributed by atoms with Crippen LogP contribution >= 0.6 is 0 Å². The third-order valence-electron chi connectivity index (χ3n) is 3.09. The monoisotopic (exact) mass is 285 g/mol. The van der Waals surface area contributed by atoms with Crippen LogP contribution in [-0.2, 0) is 12.0 Å². The summed E-state index contributed by atoms with van der Waals surface area (Å²) in [6, 6.07) is 6.45. The second-order valence-electron chi connectivity index (χ2n) is 5.85. The van der Waals surface area contributed by atoms with Crippen LogP contribution in [0.25, 0.3) is 0 Å². The van der Waals surface area contributed by atoms with Crippen molar-refractivity contribution in [2.24, 2.45) is 0 Å². The molecule has 5 nitrogen and oxygen atoms in total. The Labute approximate surface area is 124 Å². The Morgan fingerprint density at radius 3 is 2.67 bits per heavy atom. The first-order valence-electron chi connectivity index (χ1n) is 6.75. The normalized spacial score (nSPS) is 11.2. The molecule has 0 spiro atoms. The number of rotatable bonds is 3. The van der Waals surface area contributed by atoms with Gasteiger partial charge in [0, 0.05) is 23.7 Å². The van der Waals surface area contributed by atoms with Gasteiger partial charge < -0.3 is 10.4 Å². The van der Waals surface area contributed by atoms with E-state index in [1.54, 1.807) is 24.4 Å². The molecule has 110 valence electrons. The Morgan fingerprint density at radius 1 is 1.29 bits per heavy atom. The zero-order valence-corrected chi connectivity index (χ0v) is 12.4. The second-order valence-corrected chi connectivity index (χ2v) is 5.85. The van der Waals surface area contributed by atoms with E-state index in [1.165, 1.54) is 12.4 Å². The average molecular weight is 285 g/mol. The van der Waals surface area contributed by atoms with Gasteiger partial charge in [0.05, 0.1) is 11.3 Å². The molecular weight excluding hydrogens is 266 g/mol. The van der Waals surface area contributed by atoms with Crippen LogP contribution in [0, 0.1) is 0 Å². The van der Waals surface area contributed by atoms with Gasteiger partial charge in [-0.1, -0.05) is 32.9 Å². The molecule has 0 unspecified atom stereocenters. The lowest BCUT2D eigenvalue weighted by molar-refractivity contribution is 0.0948. The predicted octanol–water partition coefficient (Wildman–Crippen LogP) is 2.41. The van der Waals surface area contributed by atoms with Crippen molar-refractivity contribution in [2.75, 3.05) is 0 Å². The highest BCUT2D eigenvalue weighted by Gasteiger charge is 2.20. The van der Waals surface area contributed by atoms with E-state index < -0.39 is 0 Å². The zero-order chi connectivity index (χ0) is 15.5. The summed E-state index contributed by atoms with van der Waals surface area (Å²) in [7, 11) is 0. The standard InChI is InChI=1S/C16H19N3O2/c1-16(2,3)14-11(8-17-10-19-14)9-18-15(21)12-6-4-5-7-13(12)20/h4-8,10,20H,9H2,1-3H3,(H,18,21). The first-order chi connectivity index (χ1) is 9.89. The van der Waals surface area contributed by atoms with E-state index >= 15 is 0 Å². The van der Waals surface area contributed by atoms with Crippen molar-refractivity contribution in [1.29, 1.82) is 0 Å². The van der Waals surface area contributed by atoms with Gasteiger partial charge in [0.15, 0.2) is 0 Å². The molecule has 0 saturated carbocycles. The van der Waals surface area contributed by atoms with Gasteiger partial charge in [0.1, 0.15) is 12.1 Å². The summed E-state index contributed by atoms with van der Waals surface area (Å²) in [6.07, 6.45) is 3.22. The third kappa shape index (κ3) is 3.56. The Kier molecular flexibility index (Phi) is 4.21. The molecule has 0 atom stereocenters. The molecule has 1 heterocycles. The molecular formula is C16H19N3O2. The molecule has 0 aliphatic heterocycles. The fourth-order valence-electron chi connectivity index (χ4n) is 2.10. The van der Waals surface area contributed by atoms with Gasteiger partial charge in [-0.05, 0) is 12.1 Å². The lowest BCUT2D eigenvalue weighted by Crippen LogP contribution is -2.26. The van der Waals surface area contributed by atoms with Gasteiger partial charge in [0.25, 0.3) is 5.91 Å². The van der Waals surface area contributed by atoms with E-state index in [4.69, 9.17) is 0 Å². The molecule has 1 amide bonds. The van der Waals surface area contributed by atoms with E-state index in [0.29, 0.717) is 6.54 Å². The summed E-state index contributed by atoms with van der Waals surface area (Å²) >= 11 is 0. The first-order valence-corrected chi connectivity index (χ1v) is 6.75. The first kappa shape index (κ1) is 15.0. The lowest BCUT2D eigenvalue weighted by Gasteiger charge is -2.21. The van der Waals surface area contributed by atoms with Gasteiger partial charge in [-0.15, -0.1) is 0 Å². The van der Waals surface area contributed by atoms with E-state index in [9.17, 15) is 9.90 Å². The van der Waals surface area contributed by atoms with Crippen LogP contribution in [0.5, 0.6) is 5.75 Å². The SMILES string of the molecule is CC(C)(C)c1ncncc1CNC(=O)c1ccccc1O. The Morgan fingerprint density at radius 2 is 2.00 bits per heavy atom.